The van der Waals surface area contributed by atoms with E-state index in [1.54, 1.807) is 42.7 Å². The first-order valence-corrected chi connectivity index (χ1v) is 8.00. The van der Waals surface area contributed by atoms with Crippen LogP contribution in [0.25, 0.3) is 0 Å². The monoisotopic (exact) mass is 356 g/mol. The van der Waals surface area contributed by atoms with E-state index in [-0.39, 0.29) is 23.7 Å². The van der Waals surface area contributed by atoms with Crippen molar-refractivity contribution in [3.8, 4) is 0 Å². The summed E-state index contributed by atoms with van der Waals surface area (Å²) in [5.41, 5.74) is 1.34. The predicted octanol–water partition coefficient (Wildman–Crippen LogP) is 0.447. The van der Waals surface area contributed by atoms with Crippen molar-refractivity contribution in [2.45, 2.75) is 19.6 Å². The third kappa shape index (κ3) is 5.67. The van der Waals surface area contributed by atoms with Gasteiger partial charge in [0.15, 0.2) is 0 Å². The Morgan fingerprint density at radius 1 is 1.04 bits per heavy atom. The fraction of sp³-hybridized carbons (Fsp3) is 0.222. The number of aliphatic hydroxyl groups is 1. The van der Waals surface area contributed by atoms with Crippen molar-refractivity contribution in [2.24, 2.45) is 0 Å². The zero-order chi connectivity index (χ0) is 18.9. The van der Waals surface area contributed by atoms with E-state index in [1.165, 1.54) is 13.0 Å². The van der Waals surface area contributed by atoms with Gasteiger partial charge in [0.05, 0.1) is 17.4 Å². The van der Waals surface area contributed by atoms with E-state index < -0.39 is 17.9 Å². The second-order valence-corrected chi connectivity index (χ2v) is 5.60. The van der Waals surface area contributed by atoms with E-state index in [4.69, 9.17) is 5.11 Å². The van der Waals surface area contributed by atoms with Crippen LogP contribution in [0.5, 0.6) is 0 Å². The minimum absolute atomic E-state index is 0.0414. The Labute approximate surface area is 150 Å². The van der Waals surface area contributed by atoms with Gasteiger partial charge >= 0.3 is 11.8 Å². The Morgan fingerprint density at radius 3 is 2.42 bits per heavy atom. The third-order valence-corrected chi connectivity index (χ3v) is 3.39. The van der Waals surface area contributed by atoms with Crippen LogP contribution in [0.3, 0.4) is 0 Å². The van der Waals surface area contributed by atoms with Gasteiger partial charge in [-0.15, -0.1) is 0 Å². The van der Waals surface area contributed by atoms with Crippen LogP contribution >= 0.6 is 0 Å². The van der Waals surface area contributed by atoms with Gasteiger partial charge in [-0.2, -0.15) is 0 Å². The second kappa shape index (κ2) is 9.28. The highest BCUT2D eigenvalue weighted by Gasteiger charge is 2.18. The number of hydrogen-bond acceptors (Lipinski definition) is 5. The molecule has 136 valence electrons. The first-order valence-electron chi connectivity index (χ1n) is 8.00. The molecule has 1 heterocycles. The molecular weight excluding hydrogens is 336 g/mol. The molecule has 1 aromatic heterocycles. The molecule has 0 fully saturated rings. The Hall–Kier alpha value is -3.26. The van der Waals surface area contributed by atoms with Gasteiger partial charge in [-0.05, 0) is 36.8 Å². The van der Waals surface area contributed by atoms with Gasteiger partial charge < -0.3 is 21.1 Å². The number of pyridine rings is 1. The van der Waals surface area contributed by atoms with Crippen LogP contribution in [0.1, 0.15) is 22.8 Å². The summed E-state index contributed by atoms with van der Waals surface area (Å²) in [5.74, 6) is -2.19. The van der Waals surface area contributed by atoms with Gasteiger partial charge in [0.2, 0.25) is 0 Å². The number of amides is 3. The van der Waals surface area contributed by atoms with Gasteiger partial charge in [-0.3, -0.25) is 19.4 Å². The lowest BCUT2D eigenvalue weighted by molar-refractivity contribution is -0.136. The number of nitrogens with one attached hydrogen (secondary N) is 3. The van der Waals surface area contributed by atoms with Crippen LogP contribution in [0, 0.1) is 0 Å². The van der Waals surface area contributed by atoms with Gasteiger partial charge in [-0.25, -0.2) is 0 Å². The molecule has 0 unspecified atom stereocenters. The number of anilines is 1. The van der Waals surface area contributed by atoms with Crippen LogP contribution < -0.4 is 16.0 Å². The van der Waals surface area contributed by atoms with Crippen LogP contribution in [0.2, 0.25) is 0 Å². The quantitative estimate of drug-likeness (QED) is 0.560. The second-order valence-electron chi connectivity index (χ2n) is 5.60. The summed E-state index contributed by atoms with van der Waals surface area (Å²) in [4.78, 5) is 39.9. The summed E-state index contributed by atoms with van der Waals surface area (Å²) in [5, 5.41) is 16.6. The molecule has 0 bridgehead atoms. The molecule has 0 saturated carbocycles. The van der Waals surface area contributed by atoms with Crippen molar-refractivity contribution in [1.29, 1.82) is 0 Å². The summed E-state index contributed by atoms with van der Waals surface area (Å²) < 4.78 is 0. The normalized spacial score (nSPS) is 11.3. The smallest absolute Gasteiger partial charge is 0.313 e. The molecule has 0 saturated heterocycles. The molecule has 1 atom stereocenters. The average Bonchev–Trinajstić information content (AvgIpc) is 2.65. The van der Waals surface area contributed by atoms with E-state index in [0.717, 1.165) is 5.56 Å². The fourth-order valence-electron chi connectivity index (χ4n) is 2.07. The highest BCUT2D eigenvalue weighted by molar-refractivity contribution is 6.40. The van der Waals surface area contributed by atoms with Crippen molar-refractivity contribution in [1.82, 2.24) is 15.6 Å². The number of hydrogen-bond donors (Lipinski definition) is 4. The van der Waals surface area contributed by atoms with Crippen molar-refractivity contribution in [3.05, 3.63) is 59.9 Å². The molecule has 0 aliphatic heterocycles. The summed E-state index contributed by atoms with van der Waals surface area (Å²) in [6.45, 7) is 1.75. The number of rotatable bonds is 6. The van der Waals surface area contributed by atoms with Crippen molar-refractivity contribution < 1.29 is 19.5 Å². The molecule has 8 heteroatoms. The number of para-hydroxylation sites is 1. The minimum Gasteiger partial charge on any atom is -0.392 e. The Bertz CT molecular complexity index is 778. The van der Waals surface area contributed by atoms with Crippen molar-refractivity contribution in [3.63, 3.8) is 0 Å². The maximum atomic E-state index is 12.4. The molecule has 8 nitrogen and oxygen atoms in total. The van der Waals surface area contributed by atoms with E-state index in [1.807, 2.05) is 0 Å². The first-order chi connectivity index (χ1) is 12.5. The van der Waals surface area contributed by atoms with Gasteiger partial charge in [0.1, 0.15) is 0 Å². The molecule has 4 N–H and O–H groups in total. The number of benzene rings is 1. The van der Waals surface area contributed by atoms with Crippen LogP contribution in [0.15, 0.2) is 48.8 Å². The first kappa shape index (κ1) is 19.1. The molecule has 2 aromatic rings. The van der Waals surface area contributed by atoms with Gasteiger partial charge in [-0.1, -0.05) is 12.1 Å². The van der Waals surface area contributed by atoms with Crippen LogP contribution in [-0.4, -0.2) is 40.5 Å². The summed E-state index contributed by atoms with van der Waals surface area (Å²) in [6.07, 6.45) is 2.49. The SMILES string of the molecule is C[C@@H](O)CNC(=O)C(=O)Nc1ccccc1C(=O)NCc1ccncc1. The van der Waals surface area contributed by atoms with Gasteiger partial charge in [0, 0.05) is 25.5 Å². The lowest BCUT2D eigenvalue weighted by Crippen LogP contribution is -2.39. The van der Waals surface area contributed by atoms with Crippen molar-refractivity contribution >= 4 is 23.4 Å². The Balaban J connectivity index is 2.01. The average molecular weight is 356 g/mol. The molecule has 26 heavy (non-hydrogen) atoms. The zero-order valence-electron chi connectivity index (χ0n) is 14.2. The van der Waals surface area contributed by atoms with E-state index >= 15 is 0 Å². The maximum absolute atomic E-state index is 12.4. The lowest BCUT2D eigenvalue weighted by Gasteiger charge is -2.12. The summed E-state index contributed by atoms with van der Waals surface area (Å²) in [6, 6.07) is 9.93. The Morgan fingerprint density at radius 2 is 1.73 bits per heavy atom. The van der Waals surface area contributed by atoms with Gasteiger partial charge in [0.25, 0.3) is 5.91 Å². The maximum Gasteiger partial charge on any atom is 0.313 e. The van der Waals surface area contributed by atoms with E-state index in [9.17, 15) is 14.4 Å². The highest BCUT2D eigenvalue weighted by atomic mass is 16.3. The number of carbonyl (C=O) groups is 3. The lowest BCUT2D eigenvalue weighted by atomic mass is 10.1. The number of aromatic nitrogens is 1. The van der Waals surface area contributed by atoms with E-state index in [2.05, 4.69) is 20.9 Å². The van der Waals surface area contributed by atoms with Crippen LogP contribution in [-0.2, 0) is 16.1 Å². The van der Waals surface area contributed by atoms with Crippen molar-refractivity contribution in [2.75, 3.05) is 11.9 Å². The molecule has 0 radical (unpaired) electrons. The minimum atomic E-state index is -0.917. The molecule has 3 amide bonds. The largest absolute Gasteiger partial charge is 0.392 e. The Kier molecular flexibility index (Phi) is 6.81. The molecule has 1 aromatic carbocycles. The predicted molar refractivity (Wildman–Crippen MR) is 95.2 cm³/mol. The molecule has 0 aliphatic rings. The molecule has 0 spiro atoms. The summed E-state index contributed by atoms with van der Waals surface area (Å²) >= 11 is 0. The fourth-order valence-corrected chi connectivity index (χ4v) is 2.07. The van der Waals surface area contributed by atoms with E-state index in [0.29, 0.717) is 6.54 Å². The third-order valence-electron chi connectivity index (χ3n) is 3.39. The topological polar surface area (TPSA) is 120 Å². The summed E-state index contributed by atoms with van der Waals surface area (Å²) in [7, 11) is 0. The van der Waals surface area contributed by atoms with Crippen LogP contribution in [0.4, 0.5) is 5.69 Å². The number of aliphatic hydroxyl groups excluding tert-OH is 1. The number of nitrogens with zero attached hydrogens (tertiary/aromatic N) is 1. The number of carbonyl (C=O) groups excluding carboxylic acids is 3. The highest BCUT2D eigenvalue weighted by Crippen LogP contribution is 2.15. The zero-order valence-corrected chi connectivity index (χ0v) is 14.2. The molecular formula is C18H20N4O4. The molecule has 0 aliphatic carbocycles. The molecule has 2 rings (SSSR count). The standard InChI is InChI=1S/C18H20N4O4/c1-12(23)10-20-17(25)18(26)22-15-5-3-2-4-14(15)16(24)21-11-13-6-8-19-9-7-13/h2-9,12,23H,10-11H2,1H3,(H,20,25)(H,21,24)(H,22,26)/t12-/m1/s1.